The number of carbonyl (C=O) groups is 1. The number of carboxylic acid groups (broad SMARTS) is 1. The van der Waals surface area contributed by atoms with Gasteiger partial charge in [0.1, 0.15) is 12.4 Å². The van der Waals surface area contributed by atoms with Crippen LogP contribution in [0.15, 0.2) is 27.1 Å². The molecule has 0 aliphatic rings. The van der Waals surface area contributed by atoms with Gasteiger partial charge in [-0.1, -0.05) is 6.92 Å². The molecule has 1 aromatic heterocycles. The summed E-state index contributed by atoms with van der Waals surface area (Å²) in [5, 5.41) is 13.4. The number of nitrogens with zero attached hydrogens (tertiary/aromatic N) is 2. The minimum absolute atomic E-state index is 0.190. The zero-order valence-electron chi connectivity index (χ0n) is 11.6. The van der Waals surface area contributed by atoms with Crippen molar-refractivity contribution in [3.05, 3.63) is 44.1 Å². The fourth-order valence-electron chi connectivity index (χ4n) is 1.85. The first-order valence-electron chi connectivity index (χ1n) is 6.29. The predicted molar refractivity (Wildman–Crippen MR) is 85.7 cm³/mol. The number of ether oxygens (including phenoxy) is 1. The molecule has 1 heterocycles. The predicted octanol–water partition coefficient (Wildman–Crippen LogP) is 3.78. The molecule has 0 unspecified atom stereocenters. The lowest BCUT2D eigenvalue weighted by atomic mass is 10.2. The largest absolute Gasteiger partial charge is 0.485 e. The molecule has 0 atom stereocenters. The van der Waals surface area contributed by atoms with E-state index >= 15 is 0 Å². The summed E-state index contributed by atoms with van der Waals surface area (Å²) in [6, 6.07) is 5.03. The normalized spacial score (nSPS) is 10.7. The van der Waals surface area contributed by atoms with E-state index in [-0.39, 0.29) is 5.56 Å². The monoisotopic (exact) mass is 416 g/mol. The van der Waals surface area contributed by atoms with Crippen molar-refractivity contribution in [2.75, 3.05) is 0 Å². The number of aromatic carboxylic acids is 1. The Bertz CT molecular complexity index is 660. The van der Waals surface area contributed by atoms with E-state index in [0.717, 1.165) is 17.8 Å². The van der Waals surface area contributed by atoms with Crippen molar-refractivity contribution in [3.8, 4) is 5.75 Å². The zero-order valence-corrected chi connectivity index (χ0v) is 14.7. The topological polar surface area (TPSA) is 64.3 Å². The van der Waals surface area contributed by atoms with Crippen molar-refractivity contribution < 1.29 is 14.6 Å². The SMILES string of the molecule is CCc1cc(COc2c(Br)cc(C(=O)O)cc2Br)n(C)n1. The maximum Gasteiger partial charge on any atom is 0.335 e. The van der Waals surface area contributed by atoms with Crippen molar-refractivity contribution in [3.63, 3.8) is 0 Å². The Morgan fingerprint density at radius 2 is 1.95 bits per heavy atom. The Balaban J connectivity index is 2.20. The van der Waals surface area contributed by atoms with Gasteiger partial charge in [-0.05, 0) is 56.5 Å². The summed E-state index contributed by atoms with van der Waals surface area (Å²) in [5.41, 5.74) is 2.15. The van der Waals surface area contributed by atoms with Crippen LogP contribution in [-0.4, -0.2) is 20.9 Å². The van der Waals surface area contributed by atoms with Gasteiger partial charge in [0, 0.05) is 7.05 Å². The third kappa shape index (κ3) is 3.65. The molecule has 21 heavy (non-hydrogen) atoms. The van der Waals surface area contributed by atoms with Gasteiger partial charge in [-0.3, -0.25) is 4.68 Å². The number of aryl methyl sites for hydroxylation is 2. The maximum atomic E-state index is 11.0. The minimum Gasteiger partial charge on any atom is -0.485 e. The molecule has 2 aromatic rings. The van der Waals surface area contributed by atoms with Gasteiger partial charge < -0.3 is 9.84 Å². The second-order valence-corrected chi connectivity index (χ2v) is 6.18. The summed E-state index contributed by atoms with van der Waals surface area (Å²) < 4.78 is 8.74. The molecule has 0 aliphatic carbocycles. The number of aromatic nitrogens is 2. The standard InChI is InChI=1S/C14H14Br2N2O3/c1-3-9-6-10(18(2)17-9)7-21-13-11(15)4-8(14(19)20)5-12(13)16/h4-6H,3,7H2,1-2H3,(H,19,20). The Labute approximate surface area is 139 Å². The van der Waals surface area contributed by atoms with E-state index in [1.54, 1.807) is 4.68 Å². The molecule has 2 rings (SSSR count). The molecule has 0 bridgehead atoms. The van der Waals surface area contributed by atoms with E-state index < -0.39 is 5.97 Å². The average Bonchev–Trinajstić information content (AvgIpc) is 2.78. The Hall–Kier alpha value is -1.34. The van der Waals surface area contributed by atoms with Crippen LogP contribution in [0.5, 0.6) is 5.75 Å². The first-order valence-corrected chi connectivity index (χ1v) is 7.88. The van der Waals surface area contributed by atoms with Gasteiger partial charge in [0.15, 0.2) is 0 Å². The second-order valence-electron chi connectivity index (χ2n) is 4.47. The lowest BCUT2D eigenvalue weighted by molar-refractivity contribution is 0.0696. The Morgan fingerprint density at radius 1 is 1.33 bits per heavy atom. The molecule has 112 valence electrons. The highest BCUT2D eigenvalue weighted by Crippen LogP contribution is 2.35. The fourth-order valence-corrected chi connectivity index (χ4v) is 3.26. The summed E-state index contributed by atoms with van der Waals surface area (Å²) in [7, 11) is 1.87. The number of halogens is 2. The van der Waals surface area contributed by atoms with Crippen molar-refractivity contribution in [2.45, 2.75) is 20.0 Å². The van der Waals surface area contributed by atoms with Crippen LogP contribution >= 0.6 is 31.9 Å². The molecule has 5 nitrogen and oxygen atoms in total. The van der Waals surface area contributed by atoms with E-state index in [9.17, 15) is 4.79 Å². The van der Waals surface area contributed by atoms with E-state index in [0.29, 0.717) is 21.3 Å². The van der Waals surface area contributed by atoms with Crippen molar-refractivity contribution in [1.82, 2.24) is 9.78 Å². The highest BCUT2D eigenvalue weighted by atomic mass is 79.9. The van der Waals surface area contributed by atoms with Gasteiger partial charge in [0.05, 0.1) is 25.9 Å². The second kappa shape index (κ2) is 6.62. The van der Waals surface area contributed by atoms with Crippen LogP contribution in [0.3, 0.4) is 0 Å². The van der Waals surface area contributed by atoms with Gasteiger partial charge in [-0.25, -0.2) is 4.79 Å². The summed E-state index contributed by atoms with van der Waals surface area (Å²) in [6.45, 7) is 2.40. The van der Waals surface area contributed by atoms with Gasteiger partial charge in [0.2, 0.25) is 0 Å². The molecule has 0 spiro atoms. The lowest BCUT2D eigenvalue weighted by Crippen LogP contribution is -2.04. The van der Waals surface area contributed by atoms with Crippen LogP contribution in [0.4, 0.5) is 0 Å². The van der Waals surface area contributed by atoms with E-state index in [1.807, 2.05) is 20.0 Å². The quantitative estimate of drug-likeness (QED) is 0.803. The lowest BCUT2D eigenvalue weighted by Gasteiger charge is -2.11. The highest BCUT2D eigenvalue weighted by molar-refractivity contribution is 9.11. The molecule has 7 heteroatoms. The average molecular weight is 418 g/mol. The first kappa shape index (κ1) is 16.0. The van der Waals surface area contributed by atoms with Crippen LogP contribution in [-0.2, 0) is 20.1 Å². The Kier molecular flexibility index (Phi) is 5.05. The summed E-state index contributed by atoms with van der Waals surface area (Å²) in [6.07, 6.45) is 0.870. The van der Waals surface area contributed by atoms with Crippen molar-refractivity contribution >= 4 is 37.8 Å². The van der Waals surface area contributed by atoms with Crippen LogP contribution in [0.1, 0.15) is 28.7 Å². The molecule has 0 saturated carbocycles. The number of benzene rings is 1. The van der Waals surface area contributed by atoms with Crippen LogP contribution in [0.2, 0.25) is 0 Å². The molecule has 1 N–H and O–H groups in total. The number of rotatable bonds is 5. The molecule has 0 aliphatic heterocycles. The molecule has 0 saturated heterocycles. The number of hydrogen-bond donors (Lipinski definition) is 1. The van der Waals surface area contributed by atoms with Gasteiger partial charge in [0.25, 0.3) is 0 Å². The highest BCUT2D eigenvalue weighted by Gasteiger charge is 2.14. The van der Waals surface area contributed by atoms with Crippen molar-refractivity contribution in [2.24, 2.45) is 7.05 Å². The van der Waals surface area contributed by atoms with E-state index in [2.05, 4.69) is 37.0 Å². The molecular formula is C14H14Br2N2O3. The fraction of sp³-hybridized carbons (Fsp3) is 0.286. The summed E-state index contributed by atoms with van der Waals surface area (Å²) in [5.74, 6) is -0.415. The molecule has 0 fully saturated rings. The molecular weight excluding hydrogens is 404 g/mol. The third-order valence-electron chi connectivity index (χ3n) is 3.00. The van der Waals surface area contributed by atoms with E-state index in [1.165, 1.54) is 12.1 Å². The van der Waals surface area contributed by atoms with E-state index in [4.69, 9.17) is 9.84 Å². The molecule has 1 aromatic carbocycles. The summed E-state index contributed by atoms with van der Waals surface area (Å²) in [4.78, 5) is 11.0. The first-order chi connectivity index (χ1) is 9.92. The van der Waals surface area contributed by atoms with Crippen LogP contribution < -0.4 is 4.74 Å². The van der Waals surface area contributed by atoms with Crippen molar-refractivity contribution in [1.29, 1.82) is 0 Å². The minimum atomic E-state index is -0.984. The zero-order chi connectivity index (χ0) is 15.6. The maximum absolute atomic E-state index is 11.0. The molecule has 0 radical (unpaired) electrons. The molecule has 0 amide bonds. The third-order valence-corrected chi connectivity index (χ3v) is 4.18. The van der Waals surface area contributed by atoms with Crippen LogP contribution in [0, 0.1) is 0 Å². The Morgan fingerprint density at radius 3 is 2.43 bits per heavy atom. The summed E-state index contributed by atoms with van der Waals surface area (Å²) >= 11 is 6.67. The smallest absolute Gasteiger partial charge is 0.335 e. The van der Waals surface area contributed by atoms with Crippen LogP contribution in [0.25, 0.3) is 0 Å². The van der Waals surface area contributed by atoms with Gasteiger partial charge in [-0.2, -0.15) is 5.10 Å². The van der Waals surface area contributed by atoms with Gasteiger partial charge in [-0.15, -0.1) is 0 Å². The number of hydrogen-bond acceptors (Lipinski definition) is 3. The number of carboxylic acids is 1. The van der Waals surface area contributed by atoms with Gasteiger partial charge >= 0.3 is 5.97 Å².